The van der Waals surface area contributed by atoms with Gasteiger partial charge in [0.25, 0.3) is 0 Å². The lowest BCUT2D eigenvalue weighted by Crippen LogP contribution is -2.38. The Morgan fingerprint density at radius 3 is 2.18 bits per heavy atom. The molecule has 0 aliphatic heterocycles. The summed E-state index contributed by atoms with van der Waals surface area (Å²) < 4.78 is 66.4. The van der Waals surface area contributed by atoms with E-state index >= 15 is 0 Å². The van der Waals surface area contributed by atoms with Crippen LogP contribution in [0.4, 0.5) is 17.6 Å². The van der Waals surface area contributed by atoms with Crippen molar-refractivity contribution in [3.05, 3.63) is 35.4 Å². The van der Waals surface area contributed by atoms with Crippen molar-refractivity contribution in [2.45, 2.75) is 50.5 Å². The van der Waals surface area contributed by atoms with E-state index in [4.69, 9.17) is 5.11 Å². The molecule has 0 aromatic heterocycles. The molecule has 2 unspecified atom stereocenters. The van der Waals surface area contributed by atoms with E-state index in [-0.39, 0.29) is 5.56 Å². The minimum atomic E-state index is -5.16. The van der Waals surface area contributed by atoms with E-state index in [1.807, 2.05) is 0 Å². The number of rotatable bonds is 5. The molecule has 3 nitrogen and oxygen atoms in total. The molecule has 8 heteroatoms. The van der Waals surface area contributed by atoms with Crippen LogP contribution in [-0.4, -0.2) is 20.2 Å². The number of benzene rings is 1. The summed E-state index contributed by atoms with van der Waals surface area (Å²) in [5, 5.41) is 8.33. The van der Waals surface area contributed by atoms with Crippen LogP contribution < -0.4 is 4.72 Å². The zero-order valence-electron chi connectivity index (χ0n) is 12.7. The highest BCUT2D eigenvalue weighted by Gasteiger charge is 2.56. The Morgan fingerprint density at radius 1 is 1.18 bits per heavy atom. The molecule has 0 saturated carbocycles. The molecule has 1 aromatic rings. The van der Waals surface area contributed by atoms with Gasteiger partial charge in [-0.05, 0) is 39.3 Å². The lowest BCUT2D eigenvalue weighted by atomic mass is 10.0. The number of hydrogen-bond acceptors (Lipinski definition) is 2. The molecule has 0 heterocycles. The van der Waals surface area contributed by atoms with Crippen LogP contribution in [0.15, 0.2) is 24.3 Å². The van der Waals surface area contributed by atoms with Crippen LogP contribution in [-0.2, 0) is 16.9 Å². The van der Waals surface area contributed by atoms with Gasteiger partial charge in [-0.3, -0.25) is 0 Å². The van der Waals surface area contributed by atoms with Gasteiger partial charge >= 0.3 is 12.0 Å². The molecule has 22 heavy (non-hydrogen) atoms. The molecule has 0 amide bonds. The van der Waals surface area contributed by atoms with E-state index in [2.05, 4.69) is 4.72 Å². The molecule has 1 rings (SSSR count). The molecule has 0 radical (unpaired) electrons. The van der Waals surface area contributed by atoms with E-state index in [0.717, 1.165) is 12.1 Å². The van der Waals surface area contributed by atoms with Gasteiger partial charge in [0.15, 0.2) is 0 Å². The smallest absolute Gasteiger partial charge is 0.331 e. The molecule has 0 fully saturated rings. The summed E-state index contributed by atoms with van der Waals surface area (Å²) in [7, 11) is -1.45. The molecule has 2 N–H and O–H groups in total. The van der Waals surface area contributed by atoms with Crippen molar-refractivity contribution >= 4 is 11.0 Å². The molecule has 0 aliphatic carbocycles. The van der Waals surface area contributed by atoms with Gasteiger partial charge in [0.2, 0.25) is 0 Å². The third-order valence-corrected chi connectivity index (χ3v) is 4.65. The Hall–Kier alpha value is -0.990. The lowest BCUT2D eigenvalue weighted by Gasteiger charge is -2.24. The standard InChI is InChI=1S/C14H19F4NO2S/c1-9(19-22(21)12(2,3)4)10-6-5-7-11(8-10)13(15,16)14(17,18)20/h5-9,19-20H,1-4H3. The average molecular weight is 341 g/mol. The van der Waals surface area contributed by atoms with E-state index in [0.29, 0.717) is 0 Å². The van der Waals surface area contributed by atoms with Gasteiger partial charge in [0.1, 0.15) is 0 Å². The number of nitrogens with one attached hydrogen (secondary N) is 1. The van der Waals surface area contributed by atoms with Gasteiger partial charge in [-0.25, -0.2) is 8.93 Å². The Kier molecular flexibility index (Phi) is 5.42. The fourth-order valence-electron chi connectivity index (χ4n) is 1.58. The van der Waals surface area contributed by atoms with E-state index in [1.165, 1.54) is 12.1 Å². The van der Waals surface area contributed by atoms with Crippen molar-refractivity contribution in [3.8, 4) is 0 Å². The first-order chi connectivity index (χ1) is 9.76. The third-order valence-electron chi connectivity index (χ3n) is 2.97. The topological polar surface area (TPSA) is 49.3 Å². The van der Waals surface area contributed by atoms with Crippen LogP contribution in [0.1, 0.15) is 44.9 Å². The first-order valence-electron chi connectivity index (χ1n) is 6.53. The number of alkyl halides is 4. The van der Waals surface area contributed by atoms with Crippen LogP contribution in [0.2, 0.25) is 0 Å². The second-order valence-electron chi connectivity index (χ2n) is 5.96. The molecular formula is C14H19F4NO2S. The Balaban J connectivity index is 3.05. The minimum absolute atomic E-state index is 0.263. The van der Waals surface area contributed by atoms with Crippen LogP contribution >= 0.6 is 0 Å². The van der Waals surface area contributed by atoms with Crippen molar-refractivity contribution in [2.75, 3.05) is 0 Å². The maximum atomic E-state index is 13.5. The second kappa shape index (κ2) is 6.25. The molecule has 0 bridgehead atoms. The maximum absolute atomic E-state index is 13.5. The highest BCUT2D eigenvalue weighted by atomic mass is 32.2. The van der Waals surface area contributed by atoms with Crippen LogP contribution in [0.3, 0.4) is 0 Å². The summed E-state index contributed by atoms with van der Waals surface area (Å²) in [6.07, 6.45) is -5.16. The fourth-order valence-corrected chi connectivity index (χ4v) is 2.39. The van der Waals surface area contributed by atoms with Crippen LogP contribution in [0.25, 0.3) is 0 Å². The molecule has 1 aromatic carbocycles. The molecule has 0 spiro atoms. The van der Waals surface area contributed by atoms with Crippen LogP contribution in [0, 0.1) is 0 Å². The van der Waals surface area contributed by atoms with E-state index in [1.54, 1.807) is 27.7 Å². The zero-order chi connectivity index (χ0) is 17.3. The Labute approximate surface area is 129 Å². The van der Waals surface area contributed by atoms with Gasteiger partial charge in [0.05, 0.1) is 15.7 Å². The summed E-state index contributed by atoms with van der Waals surface area (Å²) in [5.74, 6) is -4.70. The second-order valence-corrected chi connectivity index (χ2v) is 7.96. The first kappa shape index (κ1) is 19.1. The Morgan fingerprint density at radius 2 is 1.73 bits per heavy atom. The fraction of sp³-hybridized carbons (Fsp3) is 0.571. The summed E-state index contributed by atoms with van der Waals surface area (Å²) in [6, 6.07) is 3.71. The predicted octanol–water partition coefficient (Wildman–Crippen LogP) is 3.48. The summed E-state index contributed by atoms with van der Waals surface area (Å²) >= 11 is 0. The van der Waals surface area contributed by atoms with Crippen molar-refractivity contribution in [2.24, 2.45) is 0 Å². The predicted molar refractivity (Wildman–Crippen MR) is 76.9 cm³/mol. The van der Waals surface area contributed by atoms with E-state index in [9.17, 15) is 21.8 Å². The summed E-state index contributed by atoms with van der Waals surface area (Å²) in [5.41, 5.74) is -0.744. The average Bonchev–Trinajstić information content (AvgIpc) is 2.36. The van der Waals surface area contributed by atoms with Gasteiger partial charge in [-0.2, -0.15) is 17.6 Å². The monoisotopic (exact) mass is 341 g/mol. The molecular weight excluding hydrogens is 322 g/mol. The highest BCUT2D eigenvalue weighted by molar-refractivity contribution is 7.84. The Bertz CT molecular complexity index is 553. The van der Waals surface area contributed by atoms with Crippen molar-refractivity contribution in [3.63, 3.8) is 0 Å². The largest absolute Gasteiger partial charge is 0.421 e. The highest BCUT2D eigenvalue weighted by Crippen LogP contribution is 2.41. The number of aliphatic hydroxyl groups is 1. The summed E-state index contributed by atoms with van der Waals surface area (Å²) in [4.78, 5) is 0. The molecule has 0 saturated heterocycles. The van der Waals surface area contributed by atoms with Gasteiger partial charge in [-0.15, -0.1) is 0 Å². The minimum Gasteiger partial charge on any atom is -0.331 e. The van der Waals surface area contributed by atoms with E-state index < -0.39 is 39.4 Å². The quantitative estimate of drug-likeness (QED) is 0.806. The van der Waals surface area contributed by atoms with Crippen LogP contribution in [0.5, 0.6) is 0 Å². The SMILES string of the molecule is CC(NS(=O)C(C)(C)C)c1cccc(C(F)(F)C(O)(F)F)c1. The maximum Gasteiger partial charge on any atom is 0.421 e. The van der Waals surface area contributed by atoms with Gasteiger partial charge in [-0.1, -0.05) is 18.2 Å². The lowest BCUT2D eigenvalue weighted by molar-refractivity contribution is -0.332. The zero-order valence-corrected chi connectivity index (χ0v) is 13.5. The third kappa shape index (κ3) is 4.27. The van der Waals surface area contributed by atoms with Crippen molar-refractivity contribution in [1.82, 2.24) is 4.72 Å². The molecule has 126 valence electrons. The van der Waals surface area contributed by atoms with Gasteiger partial charge in [0, 0.05) is 11.6 Å². The van der Waals surface area contributed by atoms with Gasteiger partial charge < -0.3 is 5.11 Å². The number of halogens is 4. The normalized spacial score (nSPS) is 16.4. The first-order valence-corrected chi connectivity index (χ1v) is 7.68. The molecule has 0 aliphatic rings. The van der Waals surface area contributed by atoms with Crippen molar-refractivity contribution in [1.29, 1.82) is 0 Å². The summed E-state index contributed by atoms with van der Waals surface area (Å²) in [6.45, 7) is 6.79. The number of hydrogen-bond donors (Lipinski definition) is 2. The van der Waals surface area contributed by atoms with Crippen molar-refractivity contribution < 1.29 is 26.9 Å². The molecule has 2 atom stereocenters.